The fraction of sp³-hybridized carbons (Fsp3) is 0.556. The van der Waals surface area contributed by atoms with Crippen LogP contribution in [0.4, 0.5) is 0 Å². The van der Waals surface area contributed by atoms with Gasteiger partial charge in [0.25, 0.3) is 0 Å². The molecule has 0 N–H and O–H groups in total. The highest BCUT2D eigenvalue weighted by molar-refractivity contribution is 7.07. The molecule has 12 heavy (non-hydrogen) atoms. The maximum absolute atomic E-state index is 5.73. The predicted molar refractivity (Wildman–Crippen MR) is 53.8 cm³/mol. The van der Waals surface area contributed by atoms with Crippen molar-refractivity contribution in [3.63, 3.8) is 0 Å². The molecule has 0 radical (unpaired) electrons. The first-order valence-electron chi connectivity index (χ1n) is 4.18. The van der Waals surface area contributed by atoms with Crippen LogP contribution in [-0.2, 0) is 6.54 Å². The van der Waals surface area contributed by atoms with E-state index in [2.05, 4.69) is 21.7 Å². The zero-order chi connectivity index (χ0) is 8.39. The minimum Gasteiger partial charge on any atom is -0.298 e. The second-order valence-electron chi connectivity index (χ2n) is 3.35. The van der Waals surface area contributed by atoms with Crippen LogP contribution in [0, 0.1) is 5.92 Å². The summed E-state index contributed by atoms with van der Waals surface area (Å²) in [5.41, 5.74) is 1.44. The fourth-order valence-corrected chi connectivity index (χ4v) is 2.40. The van der Waals surface area contributed by atoms with Crippen molar-refractivity contribution < 1.29 is 0 Å². The molecule has 2 rings (SSSR count). The summed E-state index contributed by atoms with van der Waals surface area (Å²) in [6.45, 7) is 3.47. The van der Waals surface area contributed by atoms with Crippen LogP contribution in [0.2, 0.25) is 0 Å². The number of likely N-dealkylation sites (tertiary alicyclic amines) is 1. The lowest BCUT2D eigenvalue weighted by Gasteiger charge is -2.38. The van der Waals surface area contributed by atoms with Crippen molar-refractivity contribution >= 4 is 22.9 Å². The van der Waals surface area contributed by atoms with Crippen molar-refractivity contribution in [3.8, 4) is 0 Å². The highest BCUT2D eigenvalue weighted by Gasteiger charge is 2.25. The SMILES string of the molecule is ClCC1CN(Cc2ccsc2)C1. The molecule has 0 bridgehead atoms. The van der Waals surface area contributed by atoms with Gasteiger partial charge in [-0.1, -0.05) is 0 Å². The average Bonchev–Trinajstić information content (AvgIpc) is 2.47. The molecule has 1 aromatic rings. The Labute approximate surface area is 82.0 Å². The van der Waals surface area contributed by atoms with Crippen molar-refractivity contribution in [2.45, 2.75) is 6.54 Å². The van der Waals surface area contributed by atoms with Crippen LogP contribution in [0.25, 0.3) is 0 Å². The molecule has 1 aliphatic rings. The highest BCUT2D eigenvalue weighted by atomic mass is 35.5. The molecule has 1 saturated heterocycles. The smallest absolute Gasteiger partial charge is 0.0276 e. The molecule has 2 heterocycles. The Hall–Kier alpha value is -0.0500. The van der Waals surface area contributed by atoms with E-state index in [9.17, 15) is 0 Å². The third-order valence-corrected chi connectivity index (χ3v) is 3.41. The van der Waals surface area contributed by atoms with Crippen LogP contribution in [0.1, 0.15) is 5.56 Å². The number of halogens is 1. The molecule has 1 aromatic heterocycles. The first kappa shape index (κ1) is 8.54. The molecule has 1 aliphatic heterocycles. The quantitative estimate of drug-likeness (QED) is 0.679. The Morgan fingerprint density at radius 2 is 2.42 bits per heavy atom. The van der Waals surface area contributed by atoms with Gasteiger partial charge in [-0.3, -0.25) is 4.90 Å². The van der Waals surface area contributed by atoms with Crippen LogP contribution in [0.3, 0.4) is 0 Å². The van der Waals surface area contributed by atoms with Crippen LogP contribution in [0.5, 0.6) is 0 Å². The van der Waals surface area contributed by atoms with Gasteiger partial charge in [-0.25, -0.2) is 0 Å². The van der Waals surface area contributed by atoms with Crippen LogP contribution < -0.4 is 0 Å². The highest BCUT2D eigenvalue weighted by Crippen LogP contribution is 2.20. The summed E-state index contributed by atoms with van der Waals surface area (Å²) in [6, 6.07) is 2.19. The topological polar surface area (TPSA) is 3.24 Å². The molecular formula is C9H12ClNS. The van der Waals surface area contributed by atoms with Gasteiger partial charge in [0.2, 0.25) is 0 Å². The van der Waals surface area contributed by atoms with Gasteiger partial charge >= 0.3 is 0 Å². The molecule has 0 saturated carbocycles. The van der Waals surface area contributed by atoms with E-state index in [4.69, 9.17) is 11.6 Å². The van der Waals surface area contributed by atoms with Gasteiger partial charge in [-0.15, -0.1) is 11.6 Å². The van der Waals surface area contributed by atoms with E-state index in [0.29, 0.717) is 0 Å². The van der Waals surface area contributed by atoms with Crippen molar-refractivity contribution in [2.75, 3.05) is 19.0 Å². The van der Waals surface area contributed by atoms with Crippen molar-refractivity contribution in [2.24, 2.45) is 5.92 Å². The Balaban J connectivity index is 1.77. The van der Waals surface area contributed by atoms with E-state index < -0.39 is 0 Å². The van der Waals surface area contributed by atoms with Gasteiger partial charge in [-0.05, 0) is 28.3 Å². The van der Waals surface area contributed by atoms with Crippen molar-refractivity contribution in [1.29, 1.82) is 0 Å². The summed E-state index contributed by atoms with van der Waals surface area (Å²) in [4.78, 5) is 2.44. The van der Waals surface area contributed by atoms with Gasteiger partial charge in [-0.2, -0.15) is 11.3 Å². The Morgan fingerprint density at radius 3 is 3.00 bits per heavy atom. The van der Waals surface area contributed by atoms with Gasteiger partial charge in [0.15, 0.2) is 0 Å². The maximum atomic E-state index is 5.73. The maximum Gasteiger partial charge on any atom is 0.0276 e. The molecule has 1 fully saturated rings. The number of rotatable bonds is 3. The zero-order valence-corrected chi connectivity index (χ0v) is 8.44. The molecule has 0 unspecified atom stereocenters. The van der Waals surface area contributed by atoms with Crippen molar-refractivity contribution in [1.82, 2.24) is 4.90 Å². The normalized spacial score (nSPS) is 19.4. The molecule has 0 atom stereocenters. The van der Waals surface area contributed by atoms with Crippen LogP contribution in [-0.4, -0.2) is 23.9 Å². The van der Waals surface area contributed by atoms with Crippen LogP contribution in [0.15, 0.2) is 16.8 Å². The number of alkyl halides is 1. The lowest BCUT2D eigenvalue weighted by atomic mass is 10.0. The molecule has 1 nitrogen and oxygen atoms in total. The van der Waals surface area contributed by atoms with E-state index in [-0.39, 0.29) is 0 Å². The summed E-state index contributed by atoms with van der Waals surface area (Å²) in [5.74, 6) is 1.56. The molecule has 0 spiro atoms. The largest absolute Gasteiger partial charge is 0.298 e. The molecule has 0 amide bonds. The lowest BCUT2D eigenvalue weighted by Crippen LogP contribution is -2.46. The van der Waals surface area contributed by atoms with Gasteiger partial charge in [0.05, 0.1) is 0 Å². The summed E-state index contributed by atoms with van der Waals surface area (Å²) in [7, 11) is 0. The van der Waals surface area contributed by atoms with Gasteiger partial charge < -0.3 is 0 Å². The monoisotopic (exact) mass is 201 g/mol. The average molecular weight is 202 g/mol. The zero-order valence-electron chi connectivity index (χ0n) is 6.87. The molecule has 66 valence electrons. The minimum atomic E-state index is 0.741. The lowest BCUT2D eigenvalue weighted by molar-refractivity contribution is 0.107. The number of thiophene rings is 1. The van der Waals surface area contributed by atoms with Crippen LogP contribution >= 0.6 is 22.9 Å². The first-order chi connectivity index (χ1) is 5.88. The second kappa shape index (κ2) is 3.77. The third kappa shape index (κ3) is 1.82. The number of hydrogen-bond acceptors (Lipinski definition) is 2. The van der Waals surface area contributed by atoms with E-state index in [0.717, 1.165) is 18.3 Å². The summed E-state index contributed by atoms with van der Waals surface area (Å²) in [6.07, 6.45) is 0. The van der Waals surface area contributed by atoms with E-state index in [1.807, 2.05) is 0 Å². The summed E-state index contributed by atoms with van der Waals surface area (Å²) in [5, 5.41) is 4.35. The molecule has 3 heteroatoms. The minimum absolute atomic E-state index is 0.741. The Kier molecular flexibility index (Phi) is 2.69. The van der Waals surface area contributed by atoms with E-state index in [1.165, 1.54) is 18.7 Å². The summed E-state index contributed by atoms with van der Waals surface area (Å²) < 4.78 is 0. The Morgan fingerprint density at radius 1 is 1.58 bits per heavy atom. The summed E-state index contributed by atoms with van der Waals surface area (Å²) >= 11 is 7.50. The first-order valence-corrected chi connectivity index (χ1v) is 5.65. The second-order valence-corrected chi connectivity index (χ2v) is 4.43. The van der Waals surface area contributed by atoms with Crippen molar-refractivity contribution in [3.05, 3.63) is 22.4 Å². The molecular weight excluding hydrogens is 190 g/mol. The van der Waals surface area contributed by atoms with Gasteiger partial charge in [0.1, 0.15) is 0 Å². The van der Waals surface area contributed by atoms with Gasteiger partial charge in [0, 0.05) is 25.5 Å². The van der Waals surface area contributed by atoms with E-state index in [1.54, 1.807) is 11.3 Å². The molecule has 0 aromatic carbocycles. The predicted octanol–water partition coefficient (Wildman–Crippen LogP) is 2.42. The van der Waals surface area contributed by atoms with E-state index >= 15 is 0 Å². The Bertz CT molecular complexity index is 229. The standard InChI is InChI=1S/C9H12ClNS/c10-3-9-5-11(6-9)4-8-1-2-12-7-8/h1-2,7,9H,3-6H2. The number of hydrogen-bond donors (Lipinski definition) is 0. The number of nitrogens with zero attached hydrogens (tertiary/aromatic N) is 1. The third-order valence-electron chi connectivity index (χ3n) is 2.24. The fourth-order valence-electron chi connectivity index (χ4n) is 1.54. The molecule has 0 aliphatic carbocycles.